The third kappa shape index (κ3) is 3.90. The molecular formula is C19H21NO3. The Morgan fingerprint density at radius 1 is 1.09 bits per heavy atom. The molecule has 1 saturated heterocycles. The Bertz CT molecular complexity index is 630. The molecule has 120 valence electrons. The van der Waals surface area contributed by atoms with Crippen LogP contribution in [0.1, 0.15) is 30.0 Å². The molecule has 0 spiro atoms. The summed E-state index contributed by atoms with van der Waals surface area (Å²) in [5, 5.41) is 9.97. The highest BCUT2D eigenvalue weighted by molar-refractivity contribution is 5.68. The van der Waals surface area contributed by atoms with Crippen molar-refractivity contribution < 1.29 is 14.6 Å². The molecule has 1 heterocycles. The molecule has 0 radical (unpaired) electrons. The van der Waals surface area contributed by atoms with Crippen LogP contribution in [0.3, 0.4) is 0 Å². The SMILES string of the molecule is O=C(OCc1ccccc1)N1CCC(O)CC1c1ccccc1. The molecule has 1 aliphatic rings. The van der Waals surface area contributed by atoms with Crippen LogP contribution < -0.4 is 0 Å². The molecule has 0 aliphatic carbocycles. The van der Waals surface area contributed by atoms with Crippen molar-refractivity contribution in [2.24, 2.45) is 0 Å². The molecule has 1 fully saturated rings. The summed E-state index contributed by atoms with van der Waals surface area (Å²) in [6, 6.07) is 19.3. The van der Waals surface area contributed by atoms with Crippen molar-refractivity contribution in [3.05, 3.63) is 71.8 Å². The lowest BCUT2D eigenvalue weighted by molar-refractivity contribution is 0.0259. The molecule has 23 heavy (non-hydrogen) atoms. The van der Waals surface area contributed by atoms with Gasteiger partial charge >= 0.3 is 6.09 Å². The number of rotatable bonds is 3. The van der Waals surface area contributed by atoms with E-state index in [1.54, 1.807) is 4.90 Å². The van der Waals surface area contributed by atoms with Crippen LogP contribution in [0.25, 0.3) is 0 Å². The van der Waals surface area contributed by atoms with Crippen LogP contribution in [0, 0.1) is 0 Å². The second-order valence-electron chi connectivity index (χ2n) is 5.84. The van der Waals surface area contributed by atoms with E-state index < -0.39 is 0 Å². The fraction of sp³-hybridized carbons (Fsp3) is 0.316. The smallest absolute Gasteiger partial charge is 0.410 e. The minimum atomic E-state index is -0.377. The van der Waals surface area contributed by atoms with Crippen molar-refractivity contribution in [1.82, 2.24) is 4.90 Å². The molecule has 2 unspecified atom stereocenters. The predicted molar refractivity (Wildman–Crippen MR) is 87.8 cm³/mol. The van der Waals surface area contributed by atoms with Crippen LogP contribution in [0.5, 0.6) is 0 Å². The molecular weight excluding hydrogens is 290 g/mol. The fourth-order valence-corrected chi connectivity index (χ4v) is 2.96. The van der Waals surface area contributed by atoms with Crippen molar-refractivity contribution in [2.75, 3.05) is 6.54 Å². The fourth-order valence-electron chi connectivity index (χ4n) is 2.96. The number of amides is 1. The molecule has 4 heteroatoms. The van der Waals surface area contributed by atoms with E-state index in [2.05, 4.69) is 0 Å². The second-order valence-corrected chi connectivity index (χ2v) is 5.84. The minimum Gasteiger partial charge on any atom is -0.445 e. The van der Waals surface area contributed by atoms with Gasteiger partial charge in [-0.2, -0.15) is 0 Å². The molecule has 1 aliphatic heterocycles. The molecule has 1 amide bonds. The van der Waals surface area contributed by atoms with Gasteiger partial charge in [0, 0.05) is 6.54 Å². The van der Waals surface area contributed by atoms with Gasteiger partial charge in [0.05, 0.1) is 12.1 Å². The van der Waals surface area contributed by atoms with Gasteiger partial charge in [-0.3, -0.25) is 0 Å². The van der Waals surface area contributed by atoms with Crippen LogP contribution in [0.15, 0.2) is 60.7 Å². The van der Waals surface area contributed by atoms with Crippen LogP contribution in [-0.4, -0.2) is 28.7 Å². The Hall–Kier alpha value is -2.33. The third-order valence-electron chi connectivity index (χ3n) is 4.20. The first kappa shape index (κ1) is 15.6. The van der Waals surface area contributed by atoms with E-state index in [0.717, 1.165) is 11.1 Å². The van der Waals surface area contributed by atoms with E-state index in [1.165, 1.54) is 0 Å². The van der Waals surface area contributed by atoms with E-state index in [0.29, 0.717) is 19.4 Å². The molecule has 2 atom stereocenters. The summed E-state index contributed by atoms with van der Waals surface area (Å²) < 4.78 is 5.46. The van der Waals surface area contributed by atoms with Gasteiger partial charge in [0.2, 0.25) is 0 Å². The lowest BCUT2D eigenvalue weighted by atomic mass is 9.94. The number of aliphatic hydroxyl groups excluding tert-OH is 1. The third-order valence-corrected chi connectivity index (χ3v) is 4.20. The number of ether oxygens (including phenoxy) is 1. The number of carbonyl (C=O) groups is 1. The number of benzene rings is 2. The standard InChI is InChI=1S/C19H21NO3/c21-17-11-12-20(18(13-17)16-9-5-2-6-10-16)19(22)23-14-15-7-3-1-4-8-15/h1-10,17-18,21H,11-14H2. The average molecular weight is 311 g/mol. The van der Waals surface area contributed by atoms with Crippen molar-refractivity contribution >= 4 is 6.09 Å². The van der Waals surface area contributed by atoms with Crippen LogP contribution in [0.2, 0.25) is 0 Å². The summed E-state index contributed by atoms with van der Waals surface area (Å²) in [6.07, 6.45) is 0.432. The Kier molecular flexibility index (Phi) is 4.93. The Morgan fingerprint density at radius 2 is 1.74 bits per heavy atom. The van der Waals surface area contributed by atoms with Gasteiger partial charge in [0.15, 0.2) is 0 Å². The van der Waals surface area contributed by atoms with Crippen molar-refractivity contribution in [3.8, 4) is 0 Å². The highest BCUT2D eigenvalue weighted by Crippen LogP contribution is 2.31. The highest BCUT2D eigenvalue weighted by atomic mass is 16.6. The van der Waals surface area contributed by atoms with Crippen molar-refractivity contribution in [3.63, 3.8) is 0 Å². The zero-order chi connectivity index (χ0) is 16.1. The quantitative estimate of drug-likeness (QED) is 0.943. The van der Waals surface area contributed by atoms with Gasteiger partial charge in [0.25, 0.3) is 0 Å². The van der Waals surface area contributed by atoms with E-state index in [1.807, 2.05) is 60.7 Å². The molecule has 1 N–H and O–H groups in total. The number of likely N-dealkylation sites (tertiary alicyclic amines) is 1. The number of nitrogens with zero attached hydrogens (tertiary/aromatic N) is 1. The largest absolute Gasteiger partial charge is 0.445 e. The average Bonchev–Trinajstić information content (AvgIpc) is 2.61. The Balaban J connectivity index is 1.69. The maximum atomic E-state index is 12.5. The zero-order valence-electron chi connectivity index (χ0n) is 13.0. The molecule has 0 saturated carbocycles. The first-order valence-corrected chi connectivity index (χ1v) is 7.94. The summed E-state index contributed by atoms with van der Waals surface area (Å²) in [5.74, 6) is 0. The highest BCUT2D eigenvalue weighted by Gasteiger charge is 2.32. The monoisotopic (exact) mass is 311 g/mol. The van der Waals surface area contributed by atoms with Crippen LogP contribution in [0.4, 0.5) is 4.79 Å². The number of aliphatic hydroxyl groups is 1. The summed E-state index contributed by atoms with van der Waals surface area (Å²) in [5.41, 5.74) is 2.00. The van der Waals surface area contributed by atoms with E-state index in [-0.39, 0.29) is 24.8 Å². The lowest BCUT2D eigenvalue weighted by Crippen LogP contribution is -2.42. The number of piperidine rings is 1. The van der Waals surface area contributed by atoms with Gasteiger partial charge in [0.1, 0.15) is 6.61 Å². The van der Waals surface area contributed by atoms with Crippen molar-refractivity contribution in [2.45, 2.75) is 31.6 Å². The molecule has 4 nitrogen and oxygen atoms in total. The van der Waals surface area contributed by atoms with Gasteiger partial charge in [-0.15, -0.1) is 0 Å². The van der Waals surface area contributed by atoms with Crippen molar-refractivity contribution in [1.29, 1.82) is 0 Å². The normalized spacial score (nSPS) is 21.0. The first-order valence-electron chi connectivity index (χ1n) is 7.94. The van der Waals surface area contributed by atoms with E-state index >= 15 is 0 Å². The molecule has 3 rings (SSSR count). The van der Waals surface area contributed by atoms with Crippen LogP contribution >= 0.6 is 0 Å². The maximum absolute atomic E-state index is 12.5. The maximum Gasteiger partial charge on any atom is 0.410 e. The Labute approximate surface area is 136 Å². The summed E-state index contributed by atoms with van der Waals surface area (Å²) in [7, 11) is 0. The predicted octanol–water partition coefficient (Wildman–Crippen LogP) is 3.52. The lowest BCUT2D eigenvalue weighted by Gasteiger charge is -2.37. The summed E-state index contributed by atoms with van der Waals surface area (Å²) in [6.45, 7) is 0.772. The number of carbonyl (C=O) groups excluding carboxylic acids is 1. The molecule has 2 aromatic carbocycles. The number of hydrogen-bond acceptors (Lipinski definition) is 3. The van der Waals surface area contributed by atoms with Crippen LogP contribution in [-0.2, 0) is 11.3 Å². The zero-order valence-corrected chi connectivity index (χ0v) is 13.0. The molecule has 0 bridgehead atoms. The topological polar surface area (TPSA) is 49.8 Å². The second kappa shape index (κ2) is 7.29. The van der Waals surface area contributed by atoms with E-state index in [4.69, 9.17) is 4.74 Å². The number of hydrogen-bond donors (Lipinski definition) is 1. The van der Waals surface area contributed by atoms with Gasteiger partial charge < -0.3 is 14.7 Å². The van der Waals surface area contributed by atoms with E-state index in [9.17, 15) is 9.90 Å². The Morgan fingerprint density at radius 3 is 2.43 bits per heavy atom. The molecule has 2 aromatic rings. The minimum absolute atomic E-state index is 0.136. The molecule has 0 aromatic heterocycles. The van der Waals surface area contributed by atoms with Gasteiger partial charge in [-0.25, -0.2) is 4.79 Å². The summed E-state index contributed by atoms with van der Waals surface area (Å²) >= 11 is 0. The summed E-state index contributed by atoms with van der Waals surface area (Å²) in [4.78, 5) is 14.2. The first-order chi connectivity index (χ1) is 11.2. The van der Waals surface area contributed by atoms with Gasteiger partial charge in [-0.1, -0.05) is 60.7 Å². The van der Waals surface area contributed by atoms with Gasteiger partial charge in [-0.05, 0) is 24.0 Å².